The minimum Gasteiger partial charge on any atom is -0.497 e. The van der Waals surface area contributed by atoms with Crippen LogP contribution in [-0.4, -0.2) is 24.7 Å². The number of carbonyl (C=O) groups is 2. The molecule has 0 radical (unpaired) electrons. The van der Waals surface area contributed by atoms with E-state index < -0.39 is 5.82 Å². The van der Waals surface area contributed by atoms with Crippen molar-refractivity contribution in [1.29, 1.82) is 0 Å². The third-order valence-electron chi connectivity index (χ3n) is 3.94. The number of anilines is 2. The van der Waals surface area contributed by atoms with Crippen molar-refractivity contribution in [2.75, 3.05) is 23.5 Å². The van der Waals surface area contributed by atoms with Crippen molar-refractivity contribution < 1.29 is 18.7 Å². The number of hydrogen-bond donors (Lipinski definition) is 2. The predicted molar refractivity (Wildman–Crippen MR) is 113 cm³/mol. The van der Waals surface area contributed by atoms with Crippen molar-refractivity contribution in [1.82, 2.24) is 0 Å². The molecule has 0 aliphatic carbocycles. The van der Waals surface area contributed by atoms with Gasteiger partial charge in [0.1, 0.15) is 11.6 Å². The van der Waals surface area contributed by atoms with Gasteiger partial charge in [0, 0.05) is 27.9 Å². The number of benzene rings is 3. The highest BCUT2D eigenvalue weighted by Crippen LogP contribution is 2.22. The first-order valence-electron chi connectivity index (χ1n) is 8.77. The number of amides is 2. The number of ether oxygens (including phenoxy) is 1. The van der Waals surface area contributed by atoms with Crippen LogP contribution in [-0.2, 0) is 4.79 Å². The summed E-state index contributed by atoms with van der Waals surface area (Å²) in [5.74, 6) is 0.0884. The fraction of sp³-hybridized carbons (Fsp3) is 0.0909. The minimum atomic E-state index is -0.390. The Morgan fingerprint density at radius 1 is 0.931 bits per heavy atom. The molecule has 7 heteroatoms. The highest BCUT2D eigenvalue weighted by Gasteiger charge is 2.08. The van der Waals surface area contributed by atoms with Gasteiger partial charge in [0.15, 0.2) is 0 Å². The number of rotatable bonds is 7. The average Bonchev–Trinajstić information content (AvgIpc) is 2.74. The lowest BCUT2D eigenvalue weighted by Gasteiger charge is -2.08. The molecule has 0 aromatic heterocycles. The predicted octanol–water partition coefficient (Wildman–Crippen LogP) is 4.82. The summed E-state index contributed by atoms with van der Waals surface area (Å²) in [5, 5.41) is 5.57. The van der Waals surface area contributed by atoms with Crippen molar-refractivity contribution in [3.05, 3.63) is 84.2 Å². The molecule has 0 spiro atoms. The number of carbonyl (C=O) groups excluding carboxylic acids is 2. The topological polar surface area (TPSA) is 67.4 Å². The van der Waals surface area contributed by atoms with Gasteiger partial charge in [-0.25, -0.2) is 4.39 Å². The first kappa shape index (κ1) is 20.4. The lowest BCUT2D eigenvalue weighted by atomic mass is 10.2. The summed E-state index contributed by atoms with van der Waals surface area (Å²) in [5.41, 5.74) is 1.66. The smallest absolute Gasteiger partial charge is 0.255 e. The Labute approximate surface area is 172 Å². The molecule has 0 aliphatic rings. The summed E-state index contributed by atoms with van der Waals surface area (Å²) in [6.45, 7) is 0. The van der Waals surface area contributed by atoms with E-state index in [1.807, 2.05) is 12.1 Å². The van der Waals surface area contributed by atoms with E-state index in [-0.39, 0.29) is 17.6 Å². The summed E-state index contributed by atoms with van der Waals surface area (Å²) in [6.07, 6.45) is 0. The molecule has 0 heterocycles. The fourth-order valence-corrected chi connectivity index (χ4v) is 3.18. The second-order valence-electron chi connectivity index (χ2n) is 6.05. The molecule has 29 heavy (non-hydrogen) atoms. The van der Waals surface area contributed by atoms with Crippen LogP contribution >= 0.6 is 11.8 Å². The van der Waals surface area contributed by atoms with Gasteiger partial charge in [0.2, 0.25) is 5.91 Å². The van der Waals surface area contributed by atoms with Gasteiger partial charge in [-0.3, -0.25) is 9.59 Å². The highest BCUT2D eigenvalue weighted by molar-refractivity contribution is 8.00. The summed E-state index contributed by atoms with van der Waals surface area (Å²) >= 11 is 1.39. The molecule has 2 N–H and O–H groups in total. The van der Waals surface area contributed by atoms with E-state index in [4.69, 9.17) is 4.74 Å². The third-order valence-corrected chi connectivity index (χ3v) is 4.95. The van der Waals surface area contributed by atoms with Gasteiger partial charge in [-0.15, -0.1) is 11.8 Å². The van der Waals surface area contributed by atoms with Gasteiger partial charge < -0.3 is 15.4 Å². The standard InChI is InChI=1S/C22H19FN2O3S/c1-28-19-4-2-3-18(13-19)24-21(26)14-29-20-11-9-17(10-12-20)25-22(27)15-5-7-16(23)8-6-15/h2-13H,14H2,1H3,(H,24,26)(H,25,27). The molecule has 3 rings (SSSR count). The Hall–Kier alpha value is -3.32. The summed E-state index contributed by atoms with van der Waals surface area (Å²) in [6, 6.07) is 19.6. The Kier molecular flexibility index (Phi) is 6.86. The zero-order chi connectivity index (χ0) is 20.6. The number of hydrogen-bond acceptors (Lipinski definition) is 4. The maximum Gasteiger partial charge on any atom is 0.255 e. The van der Waals surface area contributed by atoms with E-state index >= 15 is 0 Å². The molecule has 0 saturated heterocycles. The molecule has 0 aliphatic heterocycles. The maximum absolute atomic E-state index is 12.9. The van der Waals surface area contributed by atoms with E-state index in [0.29, 0.717) is 22.7 Å². The molecule has 0 fully saturated rings. The van der Waals surface area contributed by atoms with E-state index in [1.165, 1.54) is 36.0 Å². The van der Waals surface area contributed by atoms with Gasteiger partial charge in [-0.05, 0) is 60.7 Å². The second-order valence-corrected chi connectivity index (χ2v) is 7.10. The van der Waals surface area contributed by atoms with Crippen LogP contribution in [0.4, 0.5) is 15.8 Å². The normalized spacial score (nSPS) is 10.3. The van der Waals surface area contributed by atoms with Crippen molar-refractivity contribution >= 4 is 35.0 Å². The summed E-state index contributed by atoms with van der Waals surface area (Å²) in [4.78, 5) is 25.2. The Morgan fingerprint density at radius 2 is 1.66 bits per heavy atom. The Bertz CT molecular complexity index is 992. The van der Waals surface area contributed by atoms with Gasteiger partial charge in [0.25, 0.3) is 5.91 Å². The molecular weight excluding hydrogens is 391 g/mol. The van der Waals surface area contributed by atoms with Crippen LogP contribution < -0.4 is 15.4 Å². The van der Waals surface area contributed by atoms with Crippen LogP contribution in [0, 0.1) is 5.82 Å². The van der Waals surface area contributed by atoms with Crippen molar-refractivity contribution in [3.63, 3.8) is 0 Å². The number of halogens is 1. The Balaban J connectivity index is 1.50. The van der Waals surface area contributed by atoms with Crippen LogP contribution in [0.2, 0.25) is 0 Å². The molecule has 0 saturated carbocycles. The Morgan fingerprint density at radius 3 is 2.34 bits per heavy atom. The molecule has 0 unspecified atom stereocenters. The molecule has 0 bridgehead atoms. The van der Waals surface area contributed by atoms with E-state index in [1.54, 1.807) is 43.5 Å². The van der Waals surface area contributed by atoms with Gasteiger partial charge in [-0.2, -0.15) is 0 Å². The largest absolute Gasteiger partial charge is 0.497 e. The number of thioether (sulfide) groups is 1. The van der Waals surface area contributed by atoms with Crippen molar-refractivity contribution in [2.45, 2.75) is 4.90 Å². The fourth-order valence-electron chi connectivity index (χ4n) is 2.49. The van der Waals surface area contributed by atoms with Crippen molar-refractivity contribution in [3.8, 4) is 5.75 Å². The zero-order valence-corrected chi connectivity index (χ0v) is 16.5. The lowest BCUT2D eigenvalue weighted by Crippen LogP contribution is -2.14. The van der Waals surface area contributed by atoms with Crippen LogP contribution in [0.3, 0.4) is 0 Å². The van der Waals surface area contributed by atoms with E-state index in [0.717, 1.165) is 4.90 Å². The first-order valence-corrected chi connectivity index (χ1v) is 9.76. The average molecular weight is 410 g/mol. The monoisotopic (exact) mass is 410 g/mol. The third kappa shape index (κ3) is 6.08. The lowest BCUT2D eigenvalue weighted by molar-refractivity contribution is -0.113. The quantitative estimate of drug-likeness (QED) is 0.548. The summed E-state index contributed by atoms with van der Waals surface area (Å²) < 4.78 is 18.1. The zero-order valence-electron chi connectivity index (χ0n) is 15.6. The summed E-state index contributed by atoms with van der Waals surface area (Å²) in [7, 11) is 1.57. The van der Waals surface area contributed by atoms with E-state index in [9.17, 15) is 14.0 Å². The van der Waals surface area contributed by atoms with Crippen LogP contribution in [0.5, 0.6) is 5.75 Å². The molecule has 3 aromatic carbocycles. The SMILES string of the molecule is COc1cccc(NC(=O)CSc2ccc(NC(=O)c3ccc(F)cc3)cc2)c1. The number of methoxy groups -OCH3 is 1. The maximum atomic E-state index is 12.9. The molecule has 0 atom stereocenters. The molecule has 148 valence electrons. The first-order chi connectivity index (χ1) is 14.0. The van der Waals surface area contributed by atoms with Crippen LogP contribution in [0.1, 0.15) is 10.4 Å². The molecular formula is C22H19FN2O3S. The highest BCUT2D eigenvalue weighted by atomic mass is 32.2. The molecule has 3 aromatic rings. The van der Waals surface area contributed by atoms with Crippen LogP contribution in [0.25, 0.3) is 0 Å². The molecule has 2 amide bonds. The van der Waals surface area contributed by atoms with Gasteiger partial charge >= 0.3 is 0 Å². The van der Waals surface area contributed by atoms with Crippen molar-refractivity contribution in [2.24, 2.45) is 0 Å². The molecule has 5 nitrogen and oxygen atoms in total. The van der Waals surface area contributed by atoms with Gasteiger partial charge in [-0.1, -0.05) is 6.07 Å². The second kappa shape index (κ2) is 9.75. The van der Waals surface area contributed by atoms with E-state index in [2.05, 4.69) is 10.6 Å². The number of nitrogens with one attached hydrogen (secondary N) is 2. The minimum absolute atomic E-state index is 0.128. The van der Waals surface area contributed by atoms with Gasteiger partial charge in [0.05, 0.1) is 12.9 Å². The van der Waals surface area contributed by atoms with Crippen LogP contribution in [0.15, 0.2) is 77.7 Å².